The number of hydrogen-bond acceptors (Lipinski definition) is 3. The molecule has 6 rings (SSSR count). The van der Waals surface area contributed by atoms with Gasteiger partial charge in [0.1, 0.15) is 11.9 Å². The van der Waals surface area contributed by atoms with E-state index in [0.717, 1.165) is 27.6 Å². The highest BCUT2D eigenvalue weighted by atomic mass is 35.5. The molecule has 0 radical (unpaired) electrons. The fourth-order valence-electron chi connectivity index (χ4n) is 4.48. The van der Waals surface area contributed by atoms with Gasteiger partial charge < -0.3 is 15.0 Å². The molecule has 1 amide bonds. The molecule has 2 aromatic heterocycles. The van der Waals surface area contributed by atoms with Crippen LogP contribution in [-0.2, 0) is 17.9 Å². The molecule has 3 aromatic carbocycles. The molecule has 1 aliphatic heterocycles. The number of nitrogens with zero attached hydrogens (tertiary/aromatic N) is 1. The number of rotatable bonds is 4. The minimum atomic E-state index is -0.414. The van der Waals surface area contributed by atoms with Crippen molar-refractivity contribution in [1.82, 2.24) is 15.3 Å². The van der Waals surface area contributed by atoms with Gasteiger partial charge in [0, 0.05) is 56.9 Å². The van der Waals surface area contributed by atoms with E-state index in [2.05, 4.69) is 15.3 Å². The Morgan fingerprint density at radius 1 is 1.14 bits per heavy atom. The number of fused-ring (bicyclic) bond motifs is 3. The number of nitrogens with one attached hydrogen (secondary N) is 2. The first-order valence-electron chi connectivity index (χ1n) is 11.0. The SMILES string of the molecule is O=C(NCc1cc2c(Cl)c[nH]c2cc1F)c1ccc2c(c1)C(c1cnc3ccc(Cl)cc3c1)OC2. The van der Waals surface area contributed by atoms with Crippen LogP contribution >= 0.6 is 23.2 Å². The summed E-state index contributed by atoms with van der Waals surface area (Å²) < 4.78 is 20.5. The molecule has 0 aliphatic carbocycles. The van der Waals surface area contributed by atoms with Gasteiger partial charge in [-0.3, -0.25) is 9.78 Å². The lowest BCUT2D eigenvalue weighted by Gasteiger charge is -2.13. The van der Waals surface area contributed by atoms with Crippen molar-refractivity contribution in [3.63, 3.8) is 0 Å². The molecular formula is C27H18Cl2FN3O2. The first-order valence-corrected chi connectivity index (χ1v) is 11.7. The Morgan fingerprint density at radius 2 is 2.03 bits per heavy atom. The molecule has 35 heavy (non-hydrogen) atoms. The summed E-state index contributed by atoms with van der Waals surface area (Å²) in [5, 5.41) is 5.58. The van der Waals surface area contributed by atoms with Gasteiger partial charge in [-0.05, 0) is 59.7 Å². The molecule has 0 saturated heterocycles. The van der Waals surface area contributed by atoms with E-state index < -0.39 is 5.82 Å². The van der Waals surface area contributed by atoms with Crippen LogP contribution in [0.25, 0.3) is 21.8 Å². The fraction of sp³-hybridized carbons (Fsp3) is 0.111. The molecule has 1 aliphatic rings. The van der Waals surface area contributed by atoms with Crippen molar-refractivity contribution >= 4 is 50.9 Å². The van der Waals surface area contributed by atoms with E-state index >= 15 is 0 Å². The highest BCUT2D eigenvalue weighted by molar-refractivity contribution is 6.35. The van der Waals surface area contributed by atoms with Gasteiger partial charge in [-0.2, -0.15) is 0 Å². The van der Waals surface area contributed by atoms with Crippen molar-refractivity contribution in [2.45, 2.75) is 19.3 Å². The maximum Gasteiger partial charge on any atom is 0.251 e. The van der Waals surface area contributed by atoms with E-state index in [0.29, 0.717) is 38.7 Å². The van der Waals surface area contributed by atoms with Gasteiger partial charge >= 0.3 is 0 Å². The third kappa shape index (κ3) is 4.04. The summed E-state index contributed by atoms with van der Waals surface area (Å²) in [6.07, 6.45) is 3.05. The normalized spacial score (nSPS) is 15.0. The number of carbonyl (C=O) groups excluding carboxylic acids is 1. The summed E-state index contributed by atoms with van der Waals surface area (Å²) in [5.41, 5.74) is 5.08. The maximum atomic E-state index is 14.5. The second-order valence-corrected chi connectivity index (χ2v) is 9.36. The van der Waals surface area contributed by atoms with Crippen molar-refractivity contribution in [3.8, 4) is 0 Å². The Labute approximate surface area is 209 Å². The molecule has 2 N–H and O–H groups in total. The standard InChI is InChI=1S/C27H18Cl2FN3O2/c28-19-3-4-24-16(6-19)5-18(11-31-24)26-20-7-14(1-2-15(20)13-35-26)27(34)33-10-17-8-21-22(29)12-32-25(21)9-23(17)30/h1-9,11-12,26,32H,10,13H2,(H,33,34). The topological polar surface area (TPSA) is 67.0 Å². The molecule has 3 heterocycles. The number of amides is 1. The second-order valence-electron chi connectivity index (χ2n) is 8.52. The number of aromatic nitrogens is 2. The van der Waals surface area contributed by atoms with Crippen LogP contribution < -0.4 is 5.32 Å². The van der Waals surface area contributed by atoms with Crippen molar-refractivity contribution in [2.75, 3.05) is 0 Å². The molecule has 0 spiro atoms. The zero-order chi connectivity index (χ0) is 24.1. The van der Waals surface area contributed by atoms with Crippen molar-refractivity contribution in [1.29, 1.82) is 0 Å². The van der Waals surface area contributed by atoms with E-state index in [9.17, 15) is 9.18 Å². The van der Waals surface area contributed by atoms with Crippen LogP contribution in [-0.4, -0.2) is 15.9 Å². The van der Waals surface area contributed by atoms with Crippen molar-refractivity contribution in [2.24, 2.45) is 0 Å². The Kier molecular flexibility index (Phi) is 5.44. The van der Waals surface area contributed by atoms with Gasteiger partial charge in [-0.15, -0.1) is 0 Å². The third-order valence-electron chi connectivity index (χ3n) is 6.30. The van der Waals surface area contributed by atoms with Gasteiger partial charge in [0.2, 0.25) is 0 Å². The molecule has 5 nitrogen and oxygen atoms in total. The summed E-state index contributed by atoms with van der Waals surface area (Å²) in [6.45, 7) is 0.479. The van der Waals surface area contributed by atoms with Crippen LogP contribution in [0.4, 0.5) is 4.39 Å². The quantitative estimate of drug-likeness (QED) is 0.285. The van der Waals surface area contributed by atoms with Crippen LogP contribution in [0, 0.1) is 5.82 Å². The molecule has 0 bridgehead atoms. The Hall–Kier alpha value is -3.45. The summed E-state index contributed by atoms with van der Waals surface area (Å²) in [4.78, 5) is 20.4. The molecule has 174 valence electrons. The number of aromatic amines is 1. The van der Waals surface area contributed by atoms with Gasteiger partial charge in [0.05, 0.1) is 17.1 Å². The smallest absolute Gasteiger partial charge is 0.251 e. The number of ether oxygens (including phenoxy) is 1. The third-order valence-corrected chi connectivity index (χ3v) is 6.85. The molecule has 1 unspecified atom stereocenters. The number of hydrogen-bond donors (Lipinski definition) is 2. The van der Waals surface area contributed by atoms with Crippen LogP contribution in [0.5, 0.6) is 0 Å². The highest BCUT2D eigenvalue weighted by Gasteiger charge is 2.26. The largest absolute Gasteiger partial charge is 0.364 e. The Balaban J connectivity index is 1.25. The number of H-pyrrole nitrogens is 1. The molecule has 5 aromatic rings. The van der Waals surface area contributed by atoms with Crippen molar-refractivity contribution < 1.29 is 13.9 Å². The highest BCUT2D eigenvalue weighted by Crippen LogP contribution is 2.37. The first-order chi connectivity index (χ1) is 17.0. The number of pyridine rings is 1. The average molecular weight is 506 g/mol. The van der Waals surface area contributed by atoms with Crippen molar-refractivity contribution in [3.05, 3.63) is 111 Å². The van der Waals surface area contributed by atoms with Crippen LogP contribution in [0.2, 0.25) is 10.0 Å². The predicted molar refractivity (Wildman–Crippen MR) is 134 cm³/mol. The van der Waals surface area contributed by atoms with E-state index in [1.165, 1.54) is 6.07 Å². The minimum absolute atomic E-state index is 0.0362. The summed E-state index contributed by atoms with van der Waals surface area (Å²) in [7, 11) is 0. The van der Waals surface area contributed by atoms with Gasteiger partial charge in [0.25, 0.3) is 5.91 Å². The lowest BCUT2D eigenvalue weighted by atomic mass is 9.97. The first kappa shape index (κ1) is 22.0. The van der Waals surface area contributed by atoms with Gasteiger partial charge in [0.15, 0.2) is 0 Å². The molecular weight excluding hydrogens is 488 g/mol. The average Bonchev–Trinajstić information content (AvgIpc) is 3.44. The number of carbonyl (C=O) groups is 1. The van der Waals surface area contributed by atoms with Crippen LogP contribution in [0.1, 0.15) is 38.7 Å². The summed E-state index contributed by atoms with van der Waals surface area (Å²) >= 11 is 12.3. The van der Waals surface area contributed by atoms with E-state index in [-0.39, 0.29) is 18.6 Å². The monoisotopic (exact) mass is 505 g/mol. The number of benzene rings is 3. The molecule has 8 heteroatoms. The Morgan fingerprint density at radius 3 is 2.91 bits per heavy atom. The molecule has 1 atom stereocenters. The lowest BCUT2D eigenvalue weighted by Crippen LogP contribution is -2.23. The van der Waals surface area contributed by atoms with Gasteiger partial charge in [-0.1, -0.05) is 29.3 Å². The number of halogens is 3. The fourth-order valence-corrected chi connectivity index (χ4v) is 4.87. The minimum Gasteiger partial charge on any atom is -0.364 e. The van der Waals surface area contributed by atoms with Crippen LogP contribution in [0.15, 0.2) is 67.0 Å². The van der Waals surface area contributed by atoms with Gasteiger partial charge in [-0.25, -0.2) is 4.39 Å². The van der Waals surface area contributed by atoms with E-state index in [1.807, 2.05) is 30.3 Å². The second kappa shape index (κ2) is 8.64. The van der Waals surface area contributed by atoms with Crippen LogP contribution in [0.3, 0.4) is 0 Å². The van der Waals surface area contributed by atoms with E-state index in [4.69, 9.17) is 27.9 Å². The summed E-state index contributed by atoms with van der Waals surface area (Å²) in [5.74, 6) is -0.718. The molecule has 0 saturated carbocycles. The molecule has 0 fully saturated rings. The zero-order valence-corrected chi connectivity index (χ0v) is 19.8. The Bertz CT molecular complexity index is 1630. The lowest BCUT2D eigenvalue weighted by molar-refractivity contribution is 0.0934. The van der Waals surface area contributed by atoms with E-state index in [1.54, 1.807) is 30.6 Å². The predicted octanol–water partition coefficient (Wildman–Crippen LogP) is 6.71. The maximum absolute atomic E-state index is 14.5. The summed E-state index contributed by atoms with van der Waals surface area (Å²) in [6, 6.07) is 16.0. The zero-order valence-electron chi connectivity index (χ0n) is 18.2.